The van der Waals surface area contributed by atoms with Crippen molar-refractivity contribution in [3.05, 3.63) is 64.2 Å². The lowest BCUT2D eigenvalue weighted by Gasteiger charge is -2.38. The van der Waals surface area contributed by atoms with Crippen molar-refractivity contribution in [1.82, 2.24) is 10.2 Å². The second-order valence-corrected chi connectivity index (χ2v) is 13.0. The Morgan fingerprint density at radius 1 is 1.26 bits per heavy atom. The molecule has 2 aliphatic rings. The summed E-state index contributed by atoms with van der Waals surface area (Å²) in [5, 5.41) is 33.6. The van der Waals surface area contributed by atoms with Gasteiger partial charge in [-0.25, -0.2) is 4.39 Å². The van der Waals surface area contributed by atoms with Gasteiger partial charge in [-0.15, -0.1) is 11.8 Å². The van der Waals surface area contributed by atoms with Crippen LogP contribution in [0.5, 0.6) is 5.75 Å². The van der Waals surface area contributed by atoms with Gasteiger partial charge in [0.1, 0.15) is 30.1 Å². The van der Waals surface area contributed by atoms with Gasteiger partial charge >= 0.3 is 0 Å². The molecule has 2 saturated heterocycles. The zero-order chi connectivity index (χ0) is 30.4. The third-order valence-electron chi connectivity index (χ3n) is 7.80. The number of benzene rings is 2. The van der Waals surface area contributed by atoms with E-state index in [1.807, 2.05) is 30.3 Å². The Hall–Kier alpha value is -2.39. The van der Waals surface area contributed by atoms with Gasteiger partial charge in [0.05, 0.1) is 31.2 Å². The minimum Gasteiger partial charge on any atom is -0.494 e. The number of aliphatic hydroxyl groups excluding tert-OH is 2. The Morgan fingerprint density at radius 3 is 2.71 bits per heavy atom. The minimum absolute atomic E-state index is 0.0489. The smallest absolute Gasteiger partial charge is 0.238 e. The molecule has 8 nitrogen and oxygen atoms in total. The van der Waals surface area contributed by atoms with Crippen molar-refractivity contribution in [3.8, 4) is 11.8 Å². The van der Waals surface area contributed by atoms with E-state index in [4.69, 9.17) is 21.1 Å². The maximum absolute atomic E-state index is 14.1. The highest BCUT2D eigenvalue weighted by molar-refractivity contribution is 7.99. The van der Waals surface area contributed by atoms with Crippen LogP contribution in [0.4, 0.5) is 4.39 Å². The molecule has 0 saturated carbocycles. The number of ether oxygens (including phenoxy) is 2. The number of carbonyl (C=O) groups is 1. The van der Waals surface area contributed by atoms with E-state index in [9.17, 15) is 24.7 Å². The van der Waals surface area contributed by atoms with Crippen molar-refractivity contribution in [2.75, 3.05) is 24.8 Å². The lowest BCUT2D eigenvalue weighted by molar-refractivity contribution is -0.201. The molecule has 2 fully saturated rings. The van der Waals surface area contributed by atoms with Crippen LogP contribution in [0.3, 0.4) is 0 Å². The van der Waals surface area contributed by atoms with Gasteiger partial charge in [0.2, 0.25) is 5.91 Å². The second-order valence-electron chi connectivity index (χ2n) is 11.6. The van der Waals surface area contributed by atoms with Crippen LogP contribution < -0.4 is 10.1 Å². The van der Waals surface area contributed by atoms with Gasteiger partial charge in [-0.2, -0.15) is 5.26 Å². The lowest BCUT2D eigenvalue weighted by atomic mass is 9.91. The number of aliphatic hydroxyl groups is 2. The third-order valence-corrected chi connectivity index (χ3v) is 9.18. The number of hydrogen-bond donors (Lipinski definition) is 3. The van der Waals surface area contributed by atoms with Crippen LogP contribution in [-0.4, -0.2) is 81.9 Å². The molecule has 2 aromatic carbocycles. The number of nitriles is 1. The Balaban J connectivity index is 1.24. The number of carbonyl (C=O) groups excluding carboxylic acids is 1. The first-order chi connectivity index (χ1) is 20.0. The van der Waals surface area contributed by atoms with Gasteiger partial charge < -0.3 is 29.9 Å². The summed E-state index contributed by atoms with van der Waals surface area (Å²) in [6.07, 6.45) is -4.11. The molecule has 2 aliphatic heterocycles. The molecule has 0 unspecified atom stereocenters. The van der Waals surface area contributed by atoms with Gasteiger partial charge in [-0.1, -0.05) is 35.9 Å². The predicted molar refractivity (Wildman–Crippen MR) is 161 cm³/mol. The summed E-state index contributed by atoms with van der Waals surface area (Å²) in [6.45, 7) is 6.37. The van der Waals surface area contributed by atoms with Gasteiger partial charge in [0.25, 0.3) is 0 Å². The maximum Gasteiger partial charge on any atom is 0.238 e. The van der Waals surface area contributed by atoms with Crippen molar-refractivity contribution >= 4 is 29.3 Å². The third kappa shape index (κ3) is 8.16. The van der Waals surface area contributed by atoms with Crippen molar-refractivity contribution in [3.63, 3.8) is 0 Å². The van der Waals surface area contributed by atoms with Gasteiger partial charge in [-0.3, -0.25) is 4.79 Å². The number of nitrogens with one attached hydrogen (secondary N) is 1. The highest BCUT2D eigenvalue weighted by Crippen LogP contribution is 2.35. The van der Waals surface area contributed by atoms with Crippen molar-refractivity contribution in [2.45, 2.75) is 82.2 Å². The molecule has 0 bridgehead atoms. The molecule has 0 aromatic heterocycles. The molecule has 0 radical (unpaired) electrons. The van der Waals surface area contributed by atoms with E-state index in [2.05, 4.69) is 25.2 Å². The average molecular weight is 620 g/mol. The number of rotatable bonds is 11. The van der Waals surface area contributed by atoms with E-state index in [0.29, 0.717) is 35.2 Å². The summed E-state index contributed by atoms with van der Waals surface area (Å²) in [6, 6.07) is 14.9. The Morgan fingerprint density at radius 2 is 2.00 bits per heavy atom. The van der Waals surface area contributed by atoms with Crippen molar-refractivity contribution in [2.24, 2.45) is 0 Å². The second kappa shape index (κ2) is 14.4. The molecule has 3 N–H and O–H groups in total. The van der Waals surface area contributed by atoms with E-state index in [0.717, 1.165) is 29.7 Å². The van der Waals surface area contributed by atoms with Crippen LogP contribution in [0, 0.1) is 11.3 Å². The molecule has 6 atom stereocenters. The van der Waals surface area contributed by atoms with Crippen LogP contribution in [-0.2, 0) is 16.0 Å². The number of halogens is 2. The van der Waals surface area contributed by atoms with Gasteiger partial charge in [0, 0.05) is 16.3 Å². The van der Waals surface area contributed by atoms with Crippen molar-refractivity contribution < 1.29 is 28.9 Å². The quantitative estimate of drug-likeness (QED) is 0.317. The molecular formula is C31H39ClFN3O5S. The minimum atomic E-state index is -1.65. The Kier molecular flexibility index (Phi) is 11.1. The summed E-state index contributed by atoms with van der Waals surface area (Å²) >= 11 is 8.06. The van der Waals surface area contributed by atoms with Gasteiger partial charge in [-0.05, 0) is 74.9 Å². The fourth-order valence-electron chi connectivity index (χ4n) is 5.14. The number of thioether (sulfide) groups is 1. The predicted octanol–water partition coefficient (Wildman–Crippen LogP) is 4.40. The first kappa shape index (κ1) is 32.5. The summed E-state index contributed by atoms with van der Waals surface area (Å²) in [7, 11) is 0. The van der Waals surface area contributed by atoms with E-state index in [-0.39, 0.29) is 24.0 Å². The Bertz CT molecular complexity index is 1260. The van der Waals surface area contributed by atoms with E-state index in [1.54, 1.807) is 28.8 Å². The lowest BCUT2D eigenvalue weighted by Crippen LogP contribution is -2.51. The van der Waals surface area contributed by atoms with Crippen LogP contribution in [0.15, 0.2) is 42.5 Å². The molecule has 2 aromatic rings. The first-order valence-electron chi connectivity index (χ1n) is 14.2. The molecule has 2 heterocycles. The summed E-state index contributed by atoms with van der Waals surface area (Å²) in [4.78, 5) is 14.1. The summed E-state index contributed by atoms with van der Waals surface area (Å²) < 4.78 is 25.7. The maximum atomic E-state index is 14.1. The van der Waals surface area contributed by atoms with Crippen LogP contribution >= 0.6 is 23.4 Å². The fourth-order valence-corrected chi connectivity index (χ4v) is 6.43. The first-order valence-corrected chi connectivity index (χ1v) is 15.7. The number of hydrogen-bond acceptors (Lipinski definition) is 8. The van der Waals surface area contributed by atoms with Crippen molar-refractivity contribution in [1.29, 1.82) is 5.26 Å². The molecule has 0 aliphatic carbocycles. The van der Waals surface area contributed by atoms with Crippen LogP contribution in [0.1, 0.15) is 56.4 Å². The molecule has 11 heteroatoms. The summed E-state index contributed by atoms with van der Waals surface area (Å²) in [5.74, 6) is 1.93. The SMILES string of the molecule is C[C@H]1O[C@@H](c2ccc(Cl)c(Cc3ccc(OCCCC(C)(C)NCC(=O)N4CSC[C@@H]4C#N)cc3)c2)[C@H](O)[C@@H](O)[C@@H]1F. The largest absolute Gasteiger partial charge is 0.494 e. The normalized spacial score (nSPS) is 26.2. The van der Waals surface area contributed by atoms with Crippen LogP contribution in [0.2, 0.25) is 5.02 Å². The van der Waals surface area contributed by atoms with Gasteiger partial charge in [0.15, 0.2) is 6.17 Å². The van der Waals surface area contributed by atoms with E-state index in [1.165, 1.54) is 6.92 Å². The fraction of sp³-hybridized carbons (Fsp3) is 0.548. The van der Waals surface area contributed by atoms with Crippen LogP contribution in [0.25, 0.3) is 0 Å². The summed E-state index contributed by atoms with van der Waals surface area (Å²) in [5.41, 5.74) is 2.20. The zero-order valence-corrected chi connectivity index (χ0v) is 25.7. The molecule has 42 heavy (non-hydrogen) atoms. The number of nitrogens with zero attached hydrogens (tertiary/aromatic N) is 2. The average Bonchev–Trinajstić information content (AvgIpc) is 3.46. The Labute approximate surface area is 256 Å². The molecule has 0 spiro atoms. The number of alkyl halides is 1. The number of amides is 1. The molecule has 1 amide bonds. The molecule has 4 rings (SSSR count). The topological polar surface area (TPSA) is 115 Å². The molecule has 228 valence electrons. The van der Waals surface area contributed by atoms with E-state index >= 15 is 0 Å². The zero-order valence-electron chi connectivity index (χ0n) is 24.1. The highest BCUT2D eigenvalue weighted by atomic mass is 35.5. The monoisotopic (exact) mass is 619 g/mol. The highest BCUT2D eigenvalue weighted by Gasteiger charge is 2.43. The standard InChI is InChI=1S/C31H39ClFN3O5S/c1-19-27(33)28(38)29(39)30(41-19)21-7-10-25(32)22(14-21)13-20-5-8-24(9-6-20)40-12-4-11-31(2,3)35-16-26(37)36-18-42-17-23(36)15-34/h5-10,14,19,23,27-30,35,38-39H,4,11-13,16-18H2,1-3H3/t19-,23+,27-,28+,29-,30+/m1/s1. The van der Waals surface area contributed by atoms with E-state index < -0.39 is 30.6 Å². The molecular weight excluding hydrogens is 581 g/mol.